The third kappa shape index (κ3) is 3.94. The molecule has 5 nitrogen and oxygen atoms in total. The van der Waals surface area contributed by atoms with Crippen LogP contribution < -0.4 is 9.47 Å². The Kier molecular flexibility index (Phi) is 4.82. The lowest BCUT2D eigenvalue weighted by Gasteiger charge is -2.03. The van der Waals surface area contributed by atoms with Crippen LogP contribution in [0, 0.1) is 0 Å². The van der Waals surface area contributed by atoms with Crippen molar-refractivity contribution in [3.63, 3.8) is 0 Å². The molecule has 0 spiro atoms. The van der Waals surface area contributed by atoms with Gasteiger partial charge in [-0.25, -0.2) is 4.79 Å². The van der Waals surface area contributed by atoms with Crippen LogP contribution in [0.25, 0.3) is 6.08 Å². The number of ketones is 1. The molecule has 0 amide bonds. The Labute approximate surface area is 143 Å². The van der Waals surface area contributed by atoms with Crippen LogP contribution in [0.5, 0.6) is 11.5 Å². The van der Waals surface area contributed by atoms with Crippen molar-refractivity contribution in [3.8, 4) is 11.5 Å². The first-order valence-corrected chi connectivity index (χ1v) is 7.53. The lowest BCUT2D eigenvalue weighted by molar-refractivity contribution is -0.136. The van der Waals surface area contributed by atoms with E-state index in [4.69, 9.17) is 25.8 Å². The number of benzene rings is 2. The average Bonchev–Trinajstić information content (AvgIpc) is 3.06. The molecule has 0 aliphatic carbocycles. The highest BCUT2D eigenvalue weighted by atomic mass is 35.5. The molecule has 0 unspecified atom stereocenters. The predicted octanol–water partition coefficient (Wildman–Crippen LogP) is 3.51. The molecule has 0 bridgehead atoms. The Morgan fingerprint density at radius 3 is 2.62 bits per heavy atom. The zero-order chi connectivity index (χ0) is 16.9. The van der Waals surface area contributed by atoms with Crippen molar-refractivity contribution in [1.29, 1.82) is 0 Å². The molecule has 0 N–H and O–H groups in total. The summed E-state index contributed by atoms with van der Waals surface area (Å²) >= 11 is 5.78. The van der Waals surface area contributed by atoms with Gasteiger partial charge in [-0.15, -0.1) is 0 Å². The zero-order valence-electron chi connectivity index (χ0n) is 12.5. The maximum Gasteiger partial charge on any atom is 0.331 e. The zero-order valence-corrected chi connectivity index (χ0v) is 13.3. The number of hydrogen-bond donors (Lipinski definition) is 0. The van der Waals surface area contributed by atoms with E-state index in [2.05, 4.69) is 0 Å². The molecule has 0 radical (unpaired) electrons. The Bertz CT molecular complexity index is 796. The van der Waals surface area contributed by atoms with E-state index in [1.54, 1.807) is 48.5 Å². The molecular weight excluding hydrogens is 332 g/mol. The standard InChI is InChI=1S/C18H13ClO5/c19-14-5-1-12(2-6-14)3-8-18(21)22-10-15(20)13-4-7-16-17(9-13)24-11-23-16/h1-9H,10-11H2/b8-3+. The number of carbonyl (C=O) groups is 2. The second kappa shape index (κ2) is 7.19. The Balaban J connectivity index is 1.54. The number of carbonyl (C=O) groups excluding carboxylic acids is 2. The number of rotatable bonds is 5. The topological polar surface area (TPSA) is 61.8 Å². The molecule has 2 aromatic rings. The molecule has 2 aromatic carbocycles. The summed E-state index contributed by atoms with van der Waals surface area (Å²) in [5.41, 5.74) is 1.20. The van der Waals surface area contributed by atoms with Gasteiger partial charge < -0.3 is 14.2 Å². The van der Waals surface area contributed by atoms with Gasteiger partial charge in [0, 0.05) is 16.7 Å². The number of hydrogen-bond acceptors (Lipinski definition) is 5. The first-order chi connectivity index (χ1) is 11.6. The summed E-state index contributed by atoms with van der Waals surface area (Å²) in [5.74, 6) is 0.185. The number of Topliss-reactive ketones (excluding diaryl/α,β-unsaturated/α-hetero) is 1. The maximum atomic E-state index is 12.0. The first kappa shape index (κ1) is 16.1. The fraction of sp³-hybridized carbons (Fsp3) is 0.111. The minimum absolute atomic E-state index is 0.136. The minimum atomic E-state index is -0.598. The van der Waals surface area contributed by atoms with Crippen molar-refractivity contribution < 1.29 is 23.8 Å². The van der Waals surface area contributed by atoms with Crippen LogP contribution in [0.2, 0.25) is 5.02 Å². The lowest BCUT2D eigenvalue weighted by Crippen LogP contribution is -2.12. The molecular formula is C18H13ClO5. The SMILES string of the molecule is O=C(/C=C/c1ccc(Cl)cc1)OCC(=O)c1ccc2c(c1)OCO2. The van der Waals surface area contributed by atoms with E-state index in [-0.39, 0.29) is 19.2 Å². The van der Waals surface area contributed by atoms with Crippen LogP contribution in [0.4, 0.5) is 0 Å². The highest BCUT2D eigenvalue weighted by Gasteiger charge is 2.16. The molecule has 0 atom stereocenters. The third-order valence-electron chi connectivity index (χ3n) is 3.32. The molecule has 0 aromatic heterocycles. The van der Waals surface area contributed by atoms with Crippen LogP contribution in [0.3, 0.4) is 0 Å². The highest BCUT2D eigenvalue weighted by molar-refractivity contribution is 6.30. The fourth-order valence-corrected chi connectivity index (χ4v) is 2.20. The Hall–Kier alpha value is -2.79. The average molecular weight is 345 g/mol. The Morgan fingerprint density at radius 2 is 1.83 bits per heavy atom. The van der Waals surface area contributed by atoms with E-state index >= 15 is 0 Å². The van der Waals surface area contributed by atoms with Gasteiger partial charge in [-0.3, -0.25) is 4.79 Å². The van der Waals surface area contributed by atoms with E-state index in [0.29, 0.717) is 22.1 Å². The van der Waals surface area contributed by atoms with Crippen LogP contribution in [-0.2, 0) is 9.53 Å². The lowest BCUT2D eigenvalue weighted by atomic mass is 10.1. The number of halogens is 1. The van der Waals surface area contributed by atoms with Crippen LogP contribution in [0.15, 0.2) is 48.5 Å². The highest BCUT2D eigenvalue weighted by Crippen LogP contribution is 2.32. The van der Waals surface area contributed by atoms with Crippen LogP contribution >= 0.6 is 11.6 Å². The summed E-state index contributed by atoms with van der Waals surface area (Å²) in [5, 5.41) is 0.615. The number of ether oxygens (including phenoxy) is 3. The summed E-state index contributed by atoms with van der Waals surface area (Å²) in [6, 6.07) is 11.8. The van der Waals surface area contributed by atoms with Gasteiger partial charge in [0.2, 0.25) is 6.79 Å². The van der Waals surface area contributed by atoms with Gasteiger partial charge in [0.05, 0.1) is 0 Å². The van der Waals surface area contributed by atoms with Crippen molar-refractivity contribution in [2.45, 2.75) is 0 Å². The normalized spacial score (nSPS) is 12.4. The first-order valence-electron chi connectivity index (χ1n) is 7.15. The van der Waals surface area contributed by atoms with Crippen molar-refractivity contribution in [3.05, 3.63) is 64.7 Å². The van der Waals surface area contributed by atoms with Crippen molar-refractivity contribution in [1.82, 2.24) is 0 Å². The fourth-order valence-electron chi connectivity index (χ4n) is 2.08. The summed E-state index contributed by atoms with van der Waals surface area (Å²) in [4.78, 5) is 23.7. The number of fused-ring (bicyclic) bond motifs is 1. The van der Waals surface area contributed by atoms with Gasteiger partial charge in [-0.2, -0.15) is 0 Å². The second-order valence-electron chi connectivity index (χ2n) is 4.98. The third-order valence-corrected chi connectivity index (χ3v) is 3.57. The van der Waals surface area contributed by atoms with E-state index < -0.39 is 5.97 Å². The molecule has 0 fully saturated rings. The summed E-state index contributed by atoms with van der Waals surface area (Å²) < 4.78 is 15.3. The second-order valence-corrected chi connectivity index (χ2v) is 5.42. The van der Waals surface area contributed by atoms with Crippen LogP contribution in [-0.4, -0.2) is 25.2 Å². The van der Waals surface area contributed by atoms with Gasteiger partial charge >= 0.3 is 5.97 Å². The van der Waals surface area contributed by atoms with E-state index in [0.717, 1.165) is 5.56 Å². The van der Waals surface area contributed by atoms with Gasteiger partial charge in [-0.05, 0) is 42.0 Å². The minimum Gasteiger partial charge on any atom is -0.454 e. The van der Waals surface area contributed by atoms with E-state index in [1.165, 1.54) is 6.08 Å². The molecule has 1 aliphatic rings. The van der Waals surface area contributed by atoms with Gasteiger partial charge in [0.1, 0.15) is 0 Å². The van der Waals surface area contributed by atoms with Gasteiger partial charge in [-0.1, -0.05) is 23.7 Å². The Morgan fingerprint density at radius 1 is 1.08 bits per heavy atom. The van der Waals surface area contributed by atoms with Crippen LogP contribution in [0.1, 0.15) is 15.9 Å². The van der Waals surface area contributed by atoms with Crippen molar-refractivity contribution in [2.24, 2.45) is 0 Å². The molecule has 6 heteroatoms. The van der Waals surface area contributed by atoms with Crippen molar-refractivity contribution in [2.75, 3.05) is 13.4 Å². The molecule has 1 heterocycles. The molecule has 0 saturated carbocycles. The monoisotopic (exact) mass is 344 g/mol. The quantitative estimate of drug-likeness (QED) is 0.472. The summed E-state index contributed by atoms with van der Waals surface area (Å²) in [6.07, 6.45) is 2.85. The van der Waals surface area contributed by atoms with E-state index in [1.807, 2.05) is 0 Å². The van der Waals surface area contributed by atoms with Crippen molar-refractivity contribution >= 4 is 29.4 Å². The predicted molar refractivity (Wildman–Crippen MR) is 88.3 cm³/mol. The summed E-state index contributed by atoms with van der Waals surface area (Å²) in [6.45, 7) is -0.207. The summed E-state index contributed by atoms with van der Waals surface area (Å²) in [7, 11) is 0. The van der Waals surface area contributed by atoms with Gasteiger partial charge in [0.15, 0.2) is 23.9 Å². The molecule has 122 valence electrons. The molecule has 24 heavy (non-hydrogen) atoms. The maximum absolute atomic E-state index is 12.0. The van der Waals surface area contributed by atoms with E-state index in [9.17, 15) is 9.59 Å². The molecule has 0 saturated heterocycles. The molecule has 1 aliphatic heterocycles. The largest absolute Gasteiger partial charge is 0.454 e. The number of esters is 1. The molecule has 3 rings (SSSR count). The van der Waals surface area contributed by atoms with Gasteiger partial charge in [0.25, 0.3) is 0 Å². The smallest absolute Gasteiger partial charge is 0.331 e.